The maximum Gasteiger partial charge on any atom is 0.407 e. The molecule has 0 saturated carbocycles. The van der Waals surface area contributed by atoms with Crippen LogP contribution in [0, 0.1) is 12.3 Å². The maximum absolute atomic E-state index is 11.3. The van der Waals surface area contributed by atoms with Gasteiger partial charge in [-0.2, -0.15) is 0 Å². The monoisotopic (exact) mass is 301 g/mol. The molecule has 0 rings (SSSR count). The Morgan fingerprint density at radius 1 is 1.00 bits per heavy atom. The van der Waals surface area contributed by atoms with Crippen molar-refractivity contribution in [3.63, 3.8) is 0 Å². The van der Waals surface area contributed by atoms with E-state index in [1.807, 2.05) is 20.8 Å². The lowest BCUT2D eigenvalue weighted by Gasteiger charge is -2.19. The van der Waals surface area contributed by atoms with Crippen molar-refractivity contribution < 1.29 is 23.7 Å². The van der Waals surface area contributed by atoms with Crippen LogP contribution >= 0.6 is 0 Å². The highest BCUT2D eigenvalue weighted by Crippen LogP contribution is 2.05. The first-order valence-electron chi connectivity index (χ1n) is 7.09. The van der Waals surface area contributed by atoms with E-state index in [-0.39, 0.29) is 0 Å². The molecule has 0 aliphatic heterocycles. The average molecular weight is 301 g/mol. The standard InChI is InChI=1S/C15H27NO5/c1-5-6-8-18-10-12-20-13-11-19-9-7-16-14(17)21-15(2,3)4/h1H,6-13H2,2-4H3,(H,16,17). The van der Waals surface area contributed by atoms with E-state index in [2.05, 4.69) is 11.2 Å². The Kier molecular flexibility index (Phi) is 11.7. The van der Waals surface area contributed by atoms with Gasteiger partial charge in [0.15, 0.2) is 0 Å². The zero-order chi connectivity index (χ0) is 16.0. The van der Waals surface area contributed by atoms with Crippen LogP contribution < -0.4 is 5.32 Å². The third-order valence-corrected chi connectivity index (χ3v) is 2.05. The van der Waals surface area contributed by atoms with Crippen molar-refractivity contribution in [2.75, 3.05) is 46.2 Å². The van der Waals surface area contributed by atoms with Gasteiger partial charge in [0.25, 0.3) is 0 Å². The molecular formula is C15H27NO5. The molecule has 0 aliphatic carbocycles. The predicted molar refractivity (Wildman–Crippen MR) is 80.1 cm³/mol. The van der Waals surface area contributed by atoms with E-state index in [1.54, 1.807) is 0 Å². The Hall–Kier alpha value is -1.29. The van der Waals surface area contributed by atoms with E-state index in [4.69, 9.17) is 25.4 Å². The number of carbonyl (C=O) groups excluding carboxylic acids is 1. The first-order valence-corrected chi connectivity index (χ1v) is 7.09. The molecule has 21 heavy (non-hydrogen) atoms. The summed E-state index contributed by atoms with van der Waals surface area (Å²) in [5, 5.41) is 2.61. The zero-order valence-corrected chi connectivity index (χ0v) is 13.3. The number of ether oxygens (including phenoxy) is 4. The summed E-state index contributed by atoms with van der Waals surface area (Å²) in [5.74, 6) is 2.49. The Labute approximate surface area is 127 Å². The summed E-state index contributed by atoms with van der Waals surface area (Å²) < 4.78 is 20.9. The summed E-state index contributed by atoms with van der Waals surface area (Å²) in [5.41, 5.74) is -0.485. The smallest absolute Gasteiger partial charge is 0.407 e. The second-order valence-corrected chi connectivity index (χ2v) is 5.22. The van der Waals surface area contributed by atoms with Gasteiger partial charge in [-0.15, -0.1) is 12.3 Å². The molecule has 0 atom stereocenters. The summed E-state index contributed by atoms with van der Waals surface area (Å²) in [7, 11) is 0. The SMILES string of the molecule is C#CCCOCCOCCOCCNC(=O)OC(C)(C)C. The Morgan fingerprint density at radius 2 is 1.52 bits per heavy atom. The van der Waals surface area contributed by atoms with Crippen LogP contribution in [0.1, 0.15) is 27.2 Å². The molecule has 6 nitrogen and oxygen atoms in total. The van der Waals surface area contributed by atoms with Gasteiger partial charge in [-0.3, -0.25) is 0 Å². The van der Waals surface area contributed by atoms with Crippen molar-refractivity contribution in [1.82, 2.24) is 5.32 Å². The lowest BCUT2D eigenvalue weighted by atomic mass is 10.2. The van der Waals surface area contributed by atoms with E-state index in [0.29, 0.717) is 52.6 Å². The third-order valence-electron chi connectivity index (χ3n) is 2.05. The average Bonchev–Trinajstić information content (AvgIpc) is 2.38. The van der Waals surface area contributed by atoms with Gasteiger partial charge in [-0.1, -0.05) is 0 Å². The number of terminal acetylenes is 1. The van der Waals surface area contributed by atoms with Gasteiger partial charge in [-0.25, -0.2) is 4.79 Å². The molecule has 0 aliphatic rings. The number of hydrogen-bond donors (Lipinski definition) is 1. The molecule has 0 saturated heterocycles. The fraction of sp³-hybridized carbons (Fsp3) is 0.800. The summed E-state index contributed by atoms with van der Waals surface area (Å²) in [6.45, 7) is 8.85. The van der Waals surface area contributed by atoms with Crippen molar-refractivity contribution in [1.29, 1.82) is 0 Å². The molecular weight excluding hydrogens is 274 g/mol. The fourth-order valence-electron chi connectivity index (χ4n) is 1.21. The molecule has 6 heteroatoms. The highest BCUT2D eigenvalue weighted by atomic mass is 16.6. The van der Waals surface area contributed by atoms with Crippen LogP contribution in [0.3, 0.4) is 0 Å². The lowest BCUT2D eigenvalue weighted by Crippen LogP contribution is -2.34. The van der Waals surface area contributed by atoms with Gasteiger partial charge in [0.1, 0.15) is 5.60 Å². The van der Waals surface area contributed by atoms with Crippen LogP contribution in [0.4, 0.5) is 4.79 Å². The van der Waals surface area contributed by atoms with E-state index in [1.165, 1.54) is 0 Å². The van der Waals surface area contributed by atoms with E-state index in [0.717, 1.165) is 0 Å². The molecule has 0 aromatic heterocycles. The fourth-order valence-corrected chi connectivity index (χ4v) is 1.21. The van der Waals surface area contributed by atoms with Gasteiger partial charge >= 0.3 is 6.09 Å². The largest absolute Gasteiger partial charge is 0.444 e. The number of carbonyl (C=O) groups is 1. The molecule has 0 bridgehead atoms. The zero-order valence-electron chi connectivity index (χ0n) is 13.3. The van der Waals surface area contributed by atoms with Crippen molar-refractivity contribution in [3.05, 3.63) is 0 Å². The quantitative estimate of drug-likeness (QED) is 0.464. The molecule has 0 spiro atoms. The molecule has 0 aromatic rings. The molecule has 1 amide bonds. The van der Waals surface area contributed by atoms with E-state index >= 15 is 0 Å². The number of rotatable bonds is 11. The van der Waals surface area contributed by atoms with Crippen LogP contribution in [-0.2, 0) is 18.9 Å². The third kappa shape index (κ3) is 16.7. The van der Waals surface area contributed by atoms with Crippen molar-refractivity contribution in [3.8, 4) is 12.3 Å². The minimum Gasteiger partial charge on any atom is -0.444 e. The molecule has 0 unspecified atom stereocenters. The van der Waals surface area contributed by atoms with Crippen LogP contribution in [0.2, 0.25) is 0 Å². The van der Waals surface area contributed by atoms with Crippen molar-refractivity contribution >= 4 is 6.09 Å². The van der Waals surface area contributed by atoms with Gasteiger partial charge < -0.3 is 24.3 Å². The first-order chi connectivity index (χ1) is 9.95. The van der Waals surface area contributed by atoms with E-state index < -0.39 is 11.7 Å². The van der Waals surface area contributed by atoms with Crippen LogP contribution in [0.5, 0.6) is 0 Å². The lowest BCUT2D eigenvalue weighted by molar-refractivity contribution is 0.0149. The Morgan fingerprint density at radius 3 is 2.05 bits per heavy atom. The van der Waals surface area contributed by atoms with E-state index in [9.17, 15) is 4.79 Å². The van der Waals surface area contributed by atoms with Gasteiger partial charge in [0.05, 0.1) is 39.6 Å². The summed E-state index contributed by atoms with van der Waals surface area (Å²) in [6.07, 6.45) is 5.27. The summed E-state index contributed by atoms with van der Waals surface area (Å²) in [6, 6.07) is 0. The minimum absolute atomic E-state index is 0.407. The maximum atomic E-state index is 11.3. The van der Waals surface area contributed by atoms with Crippen molar-refractivity contribution in [2.24, 2.45) is 0 Å². The van der Waals surface area contributed by atoms with Gasteiger partial charge in [0.2, 0.25) is 0 Å². The number of nitrogens with one attached hydrogen (secondary N) is 1. The second kappa shape index (κ2) is 12.5. The summed E-state index contributed by atoms with van der Waals surface area (Å²) in [4.78, 5) is 11.3. The Bertz CT molecular complexity index is 306. The summed E-state index contributed by atoms with van der Waals surface area (Å²) >= 11 is 0. The molecule has 0 radical (unpaired) electrons. The topological polar surface area (TPSA) is 66.0 Å². The highest BCUT2D eigenvalue weighted by Gasteiger charge is 2.15. The number of amides is 1. The normalized spacial score (nSPS) is 11.0. The predicted octanol–water partition coefficient (Wildman–Crippen LogP) is 1.58. The number of alkyl carbamates (subject to hydrolysis) is 1. The molecule has 1 N–H and O–H groups in total. The van der Waals surface area contributed by atoms with Crippen LogP contribution in [0.15, 0.2) is 0 Å². The highest BCUT2D eigenvalue weighted by molar-refractivity contribution is 5.67. The molecule has 122 valence electrons. The van der Waals surface area contributed by atoms with Crippen LogP contribution in [0.25, 0.3) is 0 Å². The first kappa shape index (κ1) is 19.7. The second-order valence-electron chi connectivity index (χ2n) is 5.22. The number of hydrogen-bond acceptors (Lipinski definition) is 5. The van der Waals surface area contributed by atoms with Gasteiger partial charge in [0, 0.05) is 13.0 Å². The Balaban J connectivity index is 3.19. The molecule has 0 aromatic carbocycles. The minimum atomic E-state index is -0.485. The van der Waals surface area contributed by atoms with Gasteiger partial charge in [-0.05, 0) is 20.8 Å². The van der Waals surface area contributed by atoms with Crippen LogP contribution in [-0.4, -0.2) is 57.9 Å². The molecule has 0 fully saturated rings. The molecule has 0 heterocycles. The van der Waals surface area contributed by atoms with Crippen molar-refractivity contribution in [2.45, 2.75) is 32.8 Å².